The smallest absolute Gasteiger partial charge is 0.263 e. The molecule has 2 aromatic heterocycles. The number of hydrogen-bond donors (Lipinski definition) is 1. The average Bonchev–Trinajstić information content (AvgIpc) is 3.19. The number of nitrogens with zero attached hydrogens (tertiary/aromatic N) is 3. The summed E-state index contributed by atoms with van der Waals surface area (Å²) >= 11 is 1.38. The molecule has 0 bridgehead atoms. The van der Waals surface area contributed by atoms with Crippen LogP contribution in [0.2, 0.25) is 0 Å². The molecule has 1 amide bonds. The normalized spacial score (nSPS) is 10.9. The van der Waals surface area contributed by atoms with Gasteiger partial charge in [-0.3, -0.25) is 9.48 Å². The summed E-state index contributed by atoms with van der Waals surface area (Å²) in [7, 11) is 0. The number of carbonyl (C=O) groups excluding carboxylic acids is 1. The van der Waals surface area contributed by atoms with Gasteiger partial charge in [0.25, 0.3) is 5.91 Å². The third-order valence-electron chi connectivity index (χ3n) is 4.37. The van der Waals surface area contributed by atoms with Crippen molar-refractivity contribution in [1.29, 1.82) is 0 Å². The Kier molecular flexibility index (Phi) is 6.46. The lowest BCUT2D eigenvalue weighted by atomic mass is 10.2. The van der Waals surface area contributed by atoms with Crippen LogP contribution in [-0.2, 0) is 13.2 Å². The van der Waals surface area contributed by atoms with Gasteiger partial charge in [-0.25, -0.2) is 4.98 Å². The highest BCUT2D eigenvalue weighted by Gasteiger charge is 2.15. The van der Waals surface area contributed by atoms with Gasteiger partial charge < -0.3 is 10.1 Å². The fourth-order valence-electron chi connectivity index (χ4n) is 2.92. The van der Waals surface area contributed by atoms with E-state index < -0.39 is 0 Å². The summed E-state index contributed by atoms with van der Waals surface area (Å²) in [4.78, 5) is 17.6. The summed E-state index contributed by atoms with van der Waals surface area (Å²) in [6.07, 6.45) is 0.828. The van der Waals surface area contributed by atoms with Gasteiger partial charge in [0.2, 0.25) is 0 Å². The molecule has 0 fully saturated rings. The number of nitrogens with one attached hydrogen (secondary N) is 1. The van der Waals surface area contributed by atoms with Crippen LogP contribution in [0.15, 0.2) is 30.3 Å². The van der Waals surface area contributed by atoms with E-state index >= 15 is 0 Å². The summed E-state index contributed by atoms with van der Waals surface area (Å²) < 4.78 is 7.73. The molecule has 7 heteroatoms. The summed E-state index contributed by atoms with van der Waals surface area (Å²) in [5, 5.41) is 8.21. The Labute approximate surface area is 169 Å². The van der Waals surface area contributed by atoms with Gasteiger partial charge in [0.1, 0.15) is 22.2 Å². The van der Waals surface area contributed by atoms with E-state index in [4.69, 9.17) is 4.74 Å². The molecule has 0 saturated carbocycles. The van der Waals surface area contributed by atoms with E-state index in [0.29, 0.717) is 18.0 Å². The lowest BCUT2D eigenvalue weighted by molar-refractivity contribution is 0.0956. The quantitative estimate of drug-likeness (QED) is 0.583. The van der Waals surface area contributed by atoms with Crippen LogP contribution in [0.5, 0.6) is 5.75 Å². The Hall–Kier alpha value is -2.67. The number of rotatable bonds is 8. The molecule has 3 aromatic rings. The molecular weight excluding hydrogens is 372 g/mol. The van der Waals surface area contributed by atoms with Gasteiger partial charge in [0, 0.05) is 18.8 Å². The number of ether oxygens (including phenoxy) is 1. The van der Waals surface area contributed by atoms with Crippen molar-refractivity contribution in [3.05, 3.63) is 62.9 Å². The SMILES string of the molecule is Cc1ccc(OCc2nc(C)c(C(=O)NCCCn3nc(C)cc3C)s2)cc1. The predicted octanol–water partition coefficient (Wildman–Crippen LogP) is 3.97. The van der Waals surface area contributed by atoms with E-state index in [9.17, 15) is 4.79 Å². The molecule has 6 nitrogen and oxygen atoms in total. The first-order valence-corrected chi connectivity index (χ1v) is 10.2. The van der Waals surface area contributed by atoms with Crippen LogP contribution in [0.3, 0.4) is 0 Å². The Bertz CT molecular complexity index is 944. The number of aryl methyl sites for hydroxylation is 5. The molecule has 3 rings (SSSR count). The largest absolute Gasteiger partial charge is 0.486 e. The first-order valence-electron chi connectivity index (χ1n) is 9.37. The lowest BCUT2D eigenvalue weighted by Gasteiger charge is -2.06. The maximum atomic E-state index is 12.5. The van der Waals surface area contributed by atoms with E-state index in [0.717, 1.165) is 40.8 Å². The Morgan fingerprint density at radius 2 is 1.93 bits per heavy atom. The van der Waals surface area contributed by atoms with E-state index in [2.05, 4.69) is 21.5 Å². The van der Waals surface area contributed by atoms with Crippen molar-refractivity contribution in [3.63, 3.8) is 0 Å². The second kappa shape index (κ2) is 9.01. The average molecular weight is 399 g/mol. The number of amides is 1. The molecule has 1 N–H and O–H groups in total. The number of benzene rings is 1. The molecule has 28 heavy (non-hydrogen) atoms. The summed E-state index contributed by atoms with van der Waals surface area (Å²) in [5.41, 5.74) is 4.08. The summed E-state index contributed by atoms with van der Waals surface area (Å²) in [6, 6.07) is 9.94. The predicted molar refractivity (Wildman–Crippen MR) is 111 cm³/mol. The monoisotopic (exact) mass is 398 g/mol. The summed E-state index contributed by atoms with van der Waals surface area (Å²) in [6.45, 7) is 9.67. The van der Waals surface area contributed by atoms with Gasteiger partial charge in [-0.1, -0.05) is 17.7 Å². The minimum absolute atomic E-state index is 0.0787. The number of thiazole rings is 1. The standard InChI is InChI=1S/C21H26N4O2S/c1-14-6-8-18(9-7-14)27-13-19-23-17(4)20(28-19)21(26)22-10-5-11-25-16(3)12-15(2)24-25/h6-9,12H,5,10-11,13H2,1-4H3,(H,22,26). The van der Waals surface area contributed by atoms with Crippen molar-refractivity contribution in [2.24, 2.45) is 0 Å². The molecule has 0 atom stereocenters. The van der Waals surface area contributed by atoms with Gasteiger partial charge in [0.05, 0.1) is 11.4 Å². The van der Waals surface area contributed by atoms with Gasteiger partial charge in [-0.05, 0) is 52.3 Å². The third-order valence-corrected chi connectivity index (χ3v) is 5.50. The number of aromatic nitrogens is 3. The minimum Gasteiger partial charge on any atom is -0.486 e. The van der Waals surface area contributed by atoms with Crippen LogP contribution in [0, 0.1) is 27.7 Å². The van der Waals surface area contributed by atoms with E-state index in [1.165, 1.54) is 16.9 Å². The Morgan fingerprint density at radius 1 is 1.18 bits per heavy atom. The molecule has 148 valence electrons. The van der Waals surface area contributed by atoms with Crippen LogP contribution in [0.1, 0.15) is 43.7 Å². The van der Waals surface area contributed by atoms with Crippen LogP contribution >= 0.6 is 11.3 Å². The molecule has 0 spiro atoms. The third kappa shape index (κ3) is 5.19. The first-order chi connectivity index (χ1) is 13.4. The lowest BCUT2D eigenvalue weighted by Crippen LogP contribution is -2.25. The molecule has 0 aliphatic rings. The second-order valence-corrected chi connectivity index (χ2v) is 7.97. The fourth-order valence-corrected chi connectivity index (χ4v) is 3.81. The van der Waals surface area contributed by atoms with Crippen molar-refractivity contribution in [3.8, 4) is 5.75 Å². The van der Waals surface area contributed by atoms with Crippen molar-refractivity contribution in [1.82, 2.24) is 20.1 Å². The first kappa shape index (κ1) is 20.1. The van der Waals surface area contributed by atoms with Gasteiger partial charge in [-0.15, -0.1) is 11.3 Å². The van der Waals surface area contributed by atoms with Crippen LogP contribution < -0.4 is 10.1 Å². The molecule has 0 aliphatic carbocycles. The second-order valence-electron chi connectivity index (χ2n) is 6.88. The van der Waals surface area contributed by atoms with Gasteiger partial charge in [0.15, 0.2) is 0 Å². The Morgan fingerprint density at radius 3 is 2.61 bits per heavy atom. The zero-order valence-corrected chi connectivity index (χ0v) is 17.6. The van der Waals surface area contributed by atoms with Crippen LogP contribution in [0.25, 0.3) is 0 Å². The zero-order valence-electron chi connectivity index (χ0n) is 16.8. The van der Waals surface area contributed by atoms with E-state index in [-0.39, 0.29) is 5.91 Å². The zero-order chi connectivity index (χ0) is 20.1. The highest BCUT2D eigenvalue weighted by Crippen LogP contribution is 2.20. The minimum atomic E-state index is -0.0787. The molecule has 0 aliphatic heterocycles. The molecule has 2 heterocycles. The van der Waals surface area contributed by atoms with Crippen molar-refractivity contribution in [2.45, 2.75) is 47.3 Å². The highest BCUT2D eigenvalue weighted by molar-refractivity contribution is 7.13. The molecule has 0 radical (unpaired) electrons. The van der Waals surface area contributed by atoms with E-state index in [1.807, 2.05) is 56.6 Å². The van der Waals surface area contributed by atoms with E-state index in [1.54, 1.807) is 0 Å². The van der Waals surface area contributed by atoms with Crippen LogP contribution in [0.4, 0.5) is 0 Å². The number of carbonyl (C=O) groups is 1. The number of hydrogen-bond acceptors (Lipinski definition) is 5. The Balaban J connectivity index is 1.48. The maximum absolute atomic E-state index is 12.5. The molecule has 0 unspecified atom stereocenters. The molecular formula is C21H26N4O2S. The van der Waals surface area contributed by atoms with Crippen molar-refractivity contribution in [2.75, 3.05) is 6.54 Å². The van der Waals surface area contributed by atoms with Crippen molar-refractivity contribution >= 4 is 17.2 Å². The van der Waals surface area contributed by atoms with Crippen LogP contribution in [-0.4, -0.2) is 27.2 Å². The fraction of sp³-hybridized carbons (Fsp3) is 0.381. The maximum Gasteiger partial charge on any atom is 0.263 e. The highest BCUT2D eigenvalue weighted by atomic mass is 32.1. The van der Waals surface area contributed by atoms with Gasteiger partial charge >= 0.3 is 0 Å². The van der Waals surface area contributed by atoms with Gasteiger partial charge in [-0.2, -0.15) is 5.10 Å². The van der Waals surface area contributed by atoms with Crippen molar-refractivity contribution < 1.29 is 9.53 Å². The molecule has 0 saturated heterocycles. The summed E-state index contributed by atoms with van der Waals surface area (Å²) in [5.74, 6) is 0.721. The topological polar surface area (TPSA) is 69.0 Å². The molecule has 1 aromatic carbocycles.